The zero-order valence-corrected chi connectivity index (χ0v) is 14.9. The average molecular weight is 350 g/mol. The molecule has 0 N–H and O–H groups in total. The highest BCUT2D eigenvalue weighted by Crippen LogP contribution is 2.25. The molecule has 3 aromatic heterocycles. The topological polar surface area (TPSA) is 56.0 Å². The molecule has 0 bridgehead atoms. The lowest BCUT2D eigenvalue weighted by Crippen LogP contribution is -2.06. The Bertz CT molecular complexity index is 886. The van der Waals surface area contributed by atoms with Crippen molar-refractivity contribution in [1.82, 2.24) is 24.6 Å². The molecule has 0 saturated heterocycles. The van der Waals surface area contributed by atoms with Crippen LogP contribution in [0.4, 0.5) is 0 Å². The lowest BCUT2D eigenvalue weighted by molar-refractivity contribution is 0.628. The molecule has 0 amide bonds. The molecule has 3 rings (SSSR count). The Kier molecular flexibility index (Phi) is 4.25. The van der Waals surface area contributed by atoms with Gasteiger partial charge in [-0.3, -0.25) is 4.98 Å². The molecular weight excluding hydrogens is 333 g/mol. The number of aromatic nitrogens is 5. The van der Waals surface area contributed by atoms with Crippen molar-refractivity contribution in [3.05, 3.63) is 39.5 Å². The van der Waals surface area contributed by atoms with Gasteiger partial charge < -0.3 is 0 Å². The van der Waals surface area contributed by atoms with Crippen LogP contribution in [0.3, 0.4) is 0 Å². The van der Waals surface area contributed by atoms with Crippen molar-refractivity contribution in [2.75, 3.05) is 0 Å². The van der Waals surface area contributed by atoms with E-state index < -0.39 is 0 Å². The van der Waals surface area contributed by atoms with Crippen molar-refractivity contribution < 1.29 is 0 Å². The molecule has 0 aliphatic carbocycles. The van der Waals surface area contributed by atoms with Crippen LogP contribution in [-0.4, -0.2) is 24.6 Å². The molecule has 3 heterocycles. The number of halogens is 2. The van der Waals surface area contributed by atoms with E-state index in [9.17, 15) is 0 Å². The smallest absolute Gasteiger partial charge is 0.159 e. The van der Waals surface area contributed by atoms with E-state index in [-0.39, 0.29) is 0 Å². The van der Waals surface area contributed by atoms with Gasteiger partial charge in [-0.2, -0.15) is 5.10 Å². The van der Waals surface area contributed by atoms with Crippen molar-refractivity contribution in [2.45, 2.75) is 34.1 Å². The van der Waals surface area contributed by atoms with Crippen LogP contribution < -0.4 is 0 Å². The number of fused-ring (bicyclic) bond motifs is 1. The fourth-order valence-corrected chi connectivity index (χ4v) is 2.99. The Balaban J connectivity index is 2.16. The monoisotopic (exact) mass is 349 g/mol. The van der Waals surface area contributed by atoms with E-state index in [1.807, 2.05) is 19.9 Å². The molecule has 0 aliphatic heterocycles. The summed E-state index contributed by atoms with van der Waals surface area (Å²) in [4.78, 5) is 13.6. The minimum absolute atomic E-state index is 0.334. The van der Waals surface area contributed by atoms with E-state index in [0.29, 0.717) is 27.6 Å². The largest absolute Gasteiger partial charge is 0.254 e. The molecule has 0 aliphatic rings. The summed E-state index contributed by atoms with van der Waals surface area (Å²) in [6.07, 6.45) is 0.879. The van der Waals surface area contributed by atoms with Gasteiger partial charge in [-0.25, -0.2) is 14.5 Å². The third-order valence-electron chi connectivity index (χ3n) is 3.54. The standard InChI is InChI=1S/C16H17Cl2N5/c1-8(2)5-11-9(3)19-10(4)16(20-11)12-6-15-21-13(17)7-14(18)23(15)22-12/h6-8H,5H2,1-4H3. The van der Waals surface area contributed by atoms with Crippen LogP contribution in [-0.2, 0) is 6.42 Å². The number of rotatable bonds is 3. The van der Waals surface area contributed by atoms with Gasteiger partial charge in [0, 0.05) is 12.1 Å². The molecule has 0 unspecified atom stereocenters. The second kappa shape index (κ2) is 6.06. The van der Waals surface area contributed by atoms with Gasteiger partial charge in [0.05, 0.1) is 17.1 Å². The molecule has 0 aromatic carbocycles. The molecule has 7 heteroatoms. The molecule has 23 heavy (non-hydrogen) atoms. The maximum absolute atomic E-state index is 6.17. The van der Waals surface area contributed by atoms with Gasteiger partial charge in [0.2, 0.25) is 0 Å². The average Bonchev–Trinajstić information content (AvgIpc) is 2.85. The summed E-state index contributed by atoms with van der Waals surface area (Å²) < 4.78 is 1.55. The van der Waals surface area contributed by atoms with Crippen LogP contribution in [0.2, 0.25) is 10.3 Å². The second-order valence-corrected chi connectivity index (χ2v) is 6.76. The lowest BCUT2D eigenvalue weighted by atomic mass is 10.1. The molecular formula is C16H17Cl2N5. The lowest BCUT2D eigenvalue weighted by Gasteiger charge is -2.10. The number of nitrogens with zero attached hydrogens (tertiary/aromatic N) is 5. The predicted octanol–water partition coefficient (Wildman–Crippen LogP) is 4.31. The Hall–Kier alpha value is -1.72. The highest BCUT2D eigenvalue weighted by Gasteiger charge is 2.16. The maximum atomic E-state index is 6.17. The predicted molar refractivity (Wildman–Crippen MR) is 92.0 cm³/mol. The fraction of sp³-hybridized carbons (Fsp3) is 0.375. The second-order valence-electron chi connectivity index (χ2n) is 5.99. The van der Waals surface area contributed by atoms with Crippen LogP contribution in [0.25, 0.3) is 17.0 Å². The summed E-state index contributed by atoms with van der Waals surface area (Å²) >= 11 is 12.1. The molecule has 0 radical (unpaired) electrons. The van der Waals surface area contributed by atoms with Crippen LogP contribution in [0, 0.1) is 19.8 Å². The highest BCUT2D eigenvalue weighted by molar-refractivity contribution is 6.33. The first kappa shape index (κ1) is 16.1. The molecule has 0 fully saturated rings. The SMILES string of the molecule is Cc1nc(C)c(-c2cc3nc(Cl)cc(Cl)n3n2)nc1CC(C)C. The van der Waals surface area contributed by atoms with Gasteiger partial charge in [-0.05, 0) is 26.2 Å². The van der Waals surface area contributed by atoms with Gasteiger partial charge >= 0.3 is 0 Å². The van der Waals surface area contributed by atoms with Crippen LogP contribution in [0.15, 0.2) is 12.1 Å². The molecule has 120 valence electrons. The molecule has 0 atom stereocenters. The van der Waals surface area contributed by atoms with Crippen LogP contribution in [0.1, 0.15) is 30.9 Å². The van der Waals surface area contributed by atoms with E-state index in [4.69, 9.17) is 28.2 Å². The van der Waals surface area contributed by atoms with Gasteiger partial charge in [0.15, 0.2) is 5.65 Å². The number of aryl methyl sites for hydroxylation is 2. The number of hydrogen-bond acceptors (Lipinski definition) is 4. The van der Waals surface area contributed by atoms with Gasteiger partial charge in [-0.1, -0.05) is 37.0 Å². The summed E-state index contributed by atoms with van der Waals surface area (Å²) in [5.41, 5.74) is 4.82. The summed E-state index contributed by atoms with van der Waals surface area (Å²) in [5.74, 6) is 0.509. The van der Waals surface area contributed by atoms with Crippen LogP contribution >= 0.6 is 23.2 Å². The van der Waals surface area contributed by atoms with Crippen LogP contribution in [0.5, 0.6) is 0 Å². The first-order valence-electron chi connectivity index (χ1n) is 7.41. The van der Waals surface area contributed by atoms with Crippen molar-refractivity contribution >= 4 is 28.8 Å². The van der Waals surface area contributed by atoms with Gasteiger partial charge in [0.1, 0.15) is 21.7 Å². The third-order valence-corrected chi connectivity index (χ3v) is 4.00. The Labute approximate surface area is 144 Å². The van der Waals surface area contributed by atoms with Gasteiger partial charge in [-0.15, -0.1) is 0 Å². The minimum atomic E-state index is 0.334. The Morgan fingerprint density at radius 2 is 1.78 bits per heavy atom. The quantitative estimate of drug-likeness (QED) is 0.661. The van der Waals surface area contributed by atoms with Crippen molar-refractivity contribution in [3.8, 4) is 11.4 Å². The fourth-order valence-electron chi connectivity index (χ4n) is 2.51. The summed E-state index contributed by atoms with van der Waals surface area (Å²) in [7, 11) is 0. The zero-order chi connectivity index (χ0) is 16.7. The normalized spacial score (nSPS) is 11.6. The summed E-state index contributed by atoms with van der Waals surface area (Å²) in [6, 6.07) is 3.38. The van der Waals surface area contributed by atoms with E-state index in [2.05, 4.69) is 28.9 Å². The molecule has 3 aromatic rings. The minimum Gasteiger partial charge on any atom is -0.254 e. The molecule has 5 nitrogen and oxygen atoms in total. The van der Waals surface area contributed by atoms with Crippen molar-refractivity contribution in [1.29, 1.82) is 0 Å². The molecule has 0 spiro atoms. The van der Waals surface area contributed by atoms with E-state index in [1.165, 1.54) is 0 Å². The Morgan fingerprint density at radius 3 is 2.48 bits per heavy atom. The maximum Gasteiger partial charge on any atom is 0.159 e. The first-order chi connectivity index (χ1) is 10.8. The third kappa shape index (κ3) is 3.16. The number of hydrogen-bond donors (Lipinski definition) is 0. The van der Waals surface area contributed by atoms with E-state index >= 15 is 0 Å². The summed E-state index contributed by atoms with van der Waals surface area (Å²) in [6.45, 7) is 8.25. The first-order valence-corrected chi connectivity index (χ1v) is 8.17. The summed E-state index contributed by atoms with van der Waals surface area (Å²) in [5, 5.41) is 5.24. The molecule has 0 saturated carbocycles. The van der Waals surface area contributed by atoms with E-state index in [0.717, 1.165) is 29.2 Å². The Morgan fingerprint density at radius 1 is 1.04 bits per heavy atom. The van der Waals surface area contributed by atoms with Gasteiger partial charge in [0.25, 0.3) is 0 Å². The van der Waals surface area contributed by atoms with E-state index in [1.54, 1.807) is 10.6 Å². The van der Waals surface area contributed by atoms with Crippen molar-refractivity contribution in [3.63, 3.8) is 0 Å². The van der Waals surface area contributed by atoms with Crippen molar-refractivity contribution in [2.24, 2.45) is 5.92 Å². The highest BCUT2D eigenvalue weighted by atomic mass is 35.5. The zero-order valence-electron chi connectivity index (χ0n) is 13.4.